The number of rotatable bonds is 8. The number of ether oxygens (including phenoxy) is 3. The maximum absolute atomic E-state index is 13.6. The van der Waals surface area contributed by atoms with E-state index in [0.29, 0.717) is 42.4 Å². The van der Waals surface area contributed by atoms with Gasteiger partial charge in [-0.2, -0.15) is 0 Å². The summed E-state index contributed by atoms with van der Waals surface area (Å²) in [5.74, 6) is -0.383. The Bertz CT molecular complexity index is 1170. The first-order valence-corrected chi connectivity index (χ1v) is 11.7. The first-order valence-electron chi connectivity index (χ1n) is 11.7. The molecule has 13 heteroatoms. The van der Waals surface area contributed by atoms with E-state index in [9.17, 15) is 14.0 Å². The number of aryl methyl sites for hydroxylation is 1. The zero-order valence-corrected chi connectivity index (χ0v) is 20.7. The van der Waals surface area contributed by atoms with Gasteiger partial charge < -0.3 is 35.0 Å². The minimum atomic E-state index is -0.477. The van der Waals surface area contributed by atoms with Crippen molar-refractivity contribution in [2.24, 2.45) is 5.16 Å². The fraction of sp³-hybridized carbons (Fsp3) is 0.458. The number of carbonyl (C=O) groups excluding carboxylic acids is 2. The summed E-state index contributed by atoms with van der Waals surface area (Å²) in [5, 5.41) is 12.1. The van der Waals surface area contributed by atoms with Crippen LogP contribution in [0.4, 0.5) is 9.18 Å². The third-order valence-corrected chi connectivity index (χ3v) is 5.85. The lowest BCUT2D eigenvalue weighted by molar-refractivity contribution is -0.169. The van der Waals surface area contributed by atoms with Crippen LogP contribution in [-0.4, -0.2) is 79.8 Å². The average Bonchev–Trinajstić information content (AvgIpc) is 3.41. The molecule has 1 aromatic heterocycles. The summed E-state index contributed by atoms with van der Waals surface area (Å²) < 4.78 is 30.3. The molecule has 1 fully saturated rings. The number of urea groups is 1. The quantitative estimate of drug-likeness (QED) is 0.473. The zero-order chi connectivity index (χ0) is 26.4. The largest absolute Gasteiger partial charge is 0.494 e. The van der Waals surface area contributed by atoms with Crippen molar-refractivity contribution < 1.29 is 33.0 Å². The monoisotopic (exact) mass is 516 g/mol. The number of oxime groups is 1. The summed E-state index contributed by atoms with van der Waals surface area (Å²) in [5.41, 5.74) is 1.90. The Morgan fingerprint density at radius 2 is 1.97 bits per heavy atom. The molecule has 37 heavy (non-hydrogen) atoms. The lowest BCUT2D eigenvalue weighted by atomic mass is 10.0. The average molecular weight is 517 g/mol. The summed E-state index contributed by atoms with van der Waals surface area (Å²) in [4.78, 5) is 38.3. The molecule has 0 saturated carbocycles. The predicted octanol–water partition coefficient (Wildman–Crippen LogP) is 1.07. The van der Waals surface area contributed by atoms with Gasteiger partial charge in [0.05, 0.1) is 32.1 Å². The number of halogens is 1. The molecule has 0 spiro atoms. The smallest absolute Gasteiger partial charge is 0.314 e. The number of nitrogens with zero attached hydrogens (tertiary/aromatic N) is 3. The van der Waals surface area contributed by atoms with Crippen LogP contribution < -0.4 is 20.7 Å². The minimum Gasteiger partial charge on any atom is -0.494 e. The molecule has 3 amide bonds. The molecule has 2 aromatic rings. The third-order valence-electron chi connectivity index (χ3n) is 5.85. The number of amides is 3. The van der Waals surface area contributed by atoms with Gasteiger partial charge in [0.1, 0.15) is 23.3 Å². The molecule has 0 radical (unpaired) electrons. The zero-order valence-electron chi connectivity index (χ0n) is 20.7. The van der Waals surface area contributed by atoms with Crippen molar-refractivity contribution in [3.8, 4) is 5.75 Å². The summed E-state index contributed by atoms with van der Waals surface area (Å²) in [6, 6.07) is 5.64. The SMILES string of the molecule is CNC(=O)NCC1COC(C2CC(c3cc(C(=O)NCc4ccc(F)c(OC)c4)nc(C)n3)=NO2)CO1. The third kappa shape index (κ3) is 6.68. The maximum Gasteiger partial charge on any atom is 0.314 e. The van der Waals surface area contributed by atoms with Crippen molar-refractivity contribution >= 4 is 17.6 Å². The van der Waals surface area contributed by atoms with Crippen molar-refractivity contribution in [3.05, 3.63) is 52.9 Å². The van der Waals surface area contributed by atoms with Gasteiger partial charge in [-0.25, -0.2) is 19.2 Å². The van der Waals surface area contributed by atoms with Gasteiger partial charge in [0.15, 0.2) is 17.7 Å². The highest BCUT2D eigenvalue weighted by Gasteiger charge is 2.35. The number of hydrogen-bond donors (Lipinski definition) is 3. The number of hydrogen-bond acceptors (Lipinski definition) is 9. The van der Waals surface area contributed by atoms with E-state index in [1.807, 2.05) is 0 Å². The highest BCUT2D eigenvalue weighted by molar-refractivity contribution is 6.02. The molecule has 0 bridgehead atoms. The van der Waals surface area contributed by atoms with Gasteiger partial charge >= 0.3 is 6.03 Å². The van der Waals surface area contributed by atoms with Crippen LogP contribution in [0.1, 0.15) is 34.0 Å². The first kappa shape index (κ1) is 26.2. The van der Waals surface area contributed by atoms with Gasteiger partial charge in [-0.05, 0) is 30.7 Å². The second-order valence-electron chi connectivity index (χ2n) is 8.51. The molecule has 0 aliphatic carbocycles. The molecule has 2 aliphatic heterocycles. The van der Waals surface area contributed by atoms with E-state index in [2.05, 4.69) is 31.1 Å². The second-order valence-corrected chi connectivity index (χ2v) is 8.51. The Morgan fingerprint density at radius 3 is 2.70 bits per heavy atom. The number of benzene rings is 1. The Balaban J connectivity index is 1.32. The minimum absolute atomic E-state index is 0.101. The van der Waals surface area contributed by atoms with Crippen LogP contribution in [0.2, 0.25) is 0 Å². The van der Waals surface area contributed by atoms with Gasteiger partial charge in [-0.3, -0.25) is 4.79 Å². The van der Waals surface area contributed by atoms with E-state index in [1.54, 1.807) is 26.1 Å². The van der Waals surface area contributed by atoms with Crippen LogP contribution in [0.15, 0.2) is 29.4 Å². The van der Waals surface area contributed by atoms with Crippen molar-refractivity contribution in [2.45, 2.75) is 38.2 Å². The molecule has 1 saturated heterocycles. The summed E-state index contributed by atoms with van der Waals surface area (Å²) in [6.45, 7) is 2.78. The van der Waals surface area contributed by atoms with Crippen LogP contribution in [0.3, 0.4) is 0 Å². The molecule has 12 nitrogen and oxygen atoms in total. The van der Waals surface area contributed by atoms with E-state index in [0.717, 1.165) is 0 Å². The molecule has 3 heterocycles. The van der Waals surface area contributed by atoms with E-state index in [4.69, 9.17) is 19.0 Å². The standard InChI is InChI=1S/C24H29FN6O6/c1-13-29-17(7-19(30-13)23(32)27-9-14-4-5-16(25)20(6-14)34-3)18-8-21(37-31-18)22-12-35-15(11-36-22)10-28-24(33)26-2/h4-7,15,21-22H,8-12H2,1-3H3,(H,27,32)(H2,26,28,33). The molecular formula is C24H29FN6O6. The highest BCUT2D eigenvalue weighted by Crippen LogP contribution is 2.23. The van der Waals surface area contributed by atoms with Gasteiger partial charge in [0.2, 0.25) is 0 Å². The lowest BCUT2D eigenvalue weighted by Gasteiger charge is -2.31. The van der Waals surface area contributed by atoms with Gasteiger partial charge in [0, 0.05) is 26.6 Å². The van der Waals surface area contributed by atoms with Crippen LogP contribution in [0.5, 0.6) is 5.75 Å². The molecule has 3 unspecified atom stereocenters. The Kier molecular flexibility index (Phi) is 8.46. The topological polar surface area (TPSA) is 145 Å². The van der Waals surface area contributed by atoms with E-state index in [-0.39, 0.29) is 48.9 Å². The number of nitrogens with one attached hydrogen (secondary N) is 3. The fourth-order valence-corrected chi connectivity index (χ4v) is 3.85. The van der Waals surface area contributed by atoms with E-state index < -0.39 is 11.7 Å². The molecule has 2 aliphatic rings. The molecule has 3 atom stereocenters. The number of carbonyl (C=O) groups is 2. The summed E-state index contributed by atoms with van der Waals surface area (Å²) in [6.07, 6.45) is -0.543. The Hall–Kier alpha value is -3.84. The fourth-order valence-electron chi connectivity index (χ4n) is 3.85. The number of aromatic nitrogens is 2. The predicted molar refractivity (Wildman–Crippen MR) is 129 cm³/mol. The van der Waals surface area contributed by atoms with Crippen molar-refractivity contribution in [3.63, 3.8) is 0 Å². The molecule has 198 valence electrons. The Labute approximate surface area is 212 Å². The van der Waals surface area contributed by atoms with Crippen LogP contribution in [0, 0.1) is 12.7 Å². The van der Waals surface area contributed by atoms with E-state index in [1.165, 1.54) is 19.2 Å². The van der Waals surface area contributed by atoms with Gasteiger partial charge in [0.25, 0.3) is 5.91 Å². The summed E-state index contributed by atoms with van der Waals surface area (Å²) >= 11 is 0. The van der Waals surface area contributed by atoms with Crippen molar-refractivity contribution in [1.29, 1.82) is 0 Å². The highest BCUT2D eigenvalue weighted by atomic mass is 19.1. The maximum atomic E-state index is 13.6. The Morgan fingerprint density at radius 1 is 1.14 bits per heavy atom. The molecule has 1 aromatic carbocycles. The van der Waals surface area contributed by atoms with Crippen LogP contribution >= 0.6 is 0 Å². The van der Waals surface area contributed by atoms with Crippen LogP contribution in [0.25, 0.3) is 0 Å². The van der Waals surface area contributed by atoms with Crippen molar-refractivity contribution in [2.75, 3.05) is 33.9 Å². The lowest BCUT2D eigenvalue weighted by Crippen LogP contribution is -2.47. The van der Waals surface area contributed by atoms with Crippen LogP contribution in [-0.2, 0) is 20.9 Å². The normalized spacial score (nSPS) is 21.0. The van der Waals surface area contributed by atoms with Gasteiger partial charge in [-0.15, -0.1) is 0 Å². The molecule has 4 rings (SSSR count). The van der Waals surface area contributed by atoms with Gasteiger partial charge in [-0.1, -0.05) is 11.2 Å². The molecule has 3 N–H and O–H groups in total. The van der Waals surface area contributed by atoms with Crippen molar-refractivity contribution in [1.82, 2.24) is 25.9 Å². The first-order chi connectivity index (χ1) is 17.9. The second kappa shape index (κ2) is 11.9. The summed E-state index contributed by atoms with van der Waals surface area (Å²) in [7, 11) is 2.92. The number of methoxy groups -OCH3 is 1. The molecular weight excluding hydrogens is 487 g/mol. The van der Waals surface area contributed by atoms with E-state index >= 15 is 0 Å².